The molecule has 1 unspecified atom stereocenters. The van der Waals surface area contributed by atoms with Crippen LogP contribution in [0.4, 0.5) is 0 Å². The topological polar surface area (TPSA) is 142 Å². The lowest BCUT2D eigenvalue weighted by molar-refractivity contribution is 0.111. The summed E-state index contributed by atoms with van der Waals surface area (Å²) in [7, 11) is 0. The Labute approximate surface area is 422 Å². The molecule has 0 amide bonds. The monoisotopic (exact) mass is 974 g/mol. The standard InChI is InChI=1S/C61H50O12/c1-41-11-5-3-2-4-6-20-66-54-21-42(37-62)22-55(33-54)68-48-14-8-15-49(30-48)70-58-25-44(39-64)26-59(35-58)72-52-18-10-19-53(32-52)73-61-28-45(40-65)27-60(36-61)71-51-17-9-16-50(31-51)69-57-24-43(38-63)23-56(34-57)67-47-13-7-12-46(41)29-47/h7-10,12-19,21-41H,2-6,11,20H2,1H3. The van der Waals surface area contributed by atoms with Crippen LogP contribution in [0.1, 0.15) is 98.4 Å². The largest absolute Gasteiger partial charge is 0.493 e. The van der Waals surface area contributed by atoms with Crippen molar-refractivity contribution in [1.29, 1.82) is 0 Å². The van der Waals surface area contributed by atoms with E-state index < -0.39 is 0 Å². The van der Waals surface area contributed by atoms with Gasteiger partial charge in [0.2, 0.25) is 0 Å². The van der Waals surface area contributed by atoms with E-state index in [2.05, 4.69) is 13.0 Å². The molecule has 9 rings (SSSR count). The second kappa shape index (κ2) is 23.6. The second-order valence-corrected chi connectivity index (χ2v) is 17.4. The van der Waals surface area contributed by atoms with Crippen molar-refractivity contribution in [3.63, 3.8) is 0 Å². The molecule has 1 heterocycles. The summed E-state index contributed by atoms with van der Waals surface area (Å²) in [6.45, 7) is 2.70. The first-order valence-electron chi connectivity index (χ1n) is 23.9. The zero-order valence-electron chi connectivity index (χ0n) is 39.9. The van der Waals surface area contributed by atoms with Gasteiger partial charge in [0.25, 0.3) is 0 Å². The molecule has 1 aliphatic heterocycles. The number of fused-ring (bicyclic) bond motifs is 16. The number of hydrogen-bond acceptors (Lipinski definition) is 12. The summed E-state index contributed by atoms with van der Waals surface area (Å²) in [5.74, 6) is 6.50. The minimum Gasteiger partial charge on any atom is -0.493 e. The first-order valence-corrected chi connectivity index (χ1v) is 23.9. The fraction of sp³-hybridized carbons (Fsp3) is 0.148. The molecule has 8 aromatic rings. The summed E-state index contributed by atoms with van der Waals surface area (Å²) in [6, 6.07) is 48.5. The molecule has 0 N–H and O–H groups in total. The van der Waals surface area contributed by atoms with Crippen molar-refractivity contribution >= 4 is 25.1 Å². The molecule has 0 aliphatic carbocycles. The highest BCUT2D eigenvalue weighted by molar-refractivity contribution is 5.79. The van der Waals surface area contributed by atoms with Gasteiger partial charge < -0.3 is 37.9 Å². The number of ether oxygens (including phenoxy) is 8. The minimum atomic E-state index is 0.295. The highest BCUT2D eigenvalue weighted by Crippen LogP contribution is 2.38. The van der Waals surface area contributed by atoms with Gasteiger partial charge in [0.1, 0.15) is 111 Å². The third-order valence-corrected chi connectivity index (χ3v) is 11.7. The lowest BCUT2D eigenvalue weighted by Crippen LogP contribution is -1.99. The van der Waals surface area contributed by atoms with E-state index in [4.69, 9.17) is 37.9 Å². The Morgan fingerprint density at radius 1 is 0.315 bits per heavy atom. The number of benzene rings is 8. The van der Waals surface area contributed by atoms with E-state index in [9.17, 15) is 19.2 Å². The Balaban J connectivity index is 0.973. The maximum absolute atomic E-state index is 12.1. The van der Waals surface area contributed by atoms with Crippen LogP contribution in [0.2, 0.25) is 0 Å². The normalized spacial score (nSPS) is 14.1. The molecule has 12 heteroatoms. The van der Waals surface area contributed by atoms with Gasteiger partial charge in [-0.05, 0) is 121 Å². The van der Waals surface area contributed by atoms with Crippen LogP contribution in [0.15, 0.2) is 170 Å². The highest BCUT2D eigenvalue weighted by Gasteiger charge is 2.14. The molecular formula is C61H50O12. The molecule has 16 bridgehead atoms. The van der Waals surface area contributed by atoms with Crippen LogP contribution in [-0.4, -0.2) is 31.8 Å². The van der Waals surface area contributed by atoms with Gasteiger partial charge in [-0.2, -0.15) is 0 Å². The van der Waals surface area contributed by atoms with Gasteiger partial charge in [-0.3, -0.25) is 19.2 Å². The van der Waals surface area contributed by atoms with E-state index >= 15 is 0 Å². The average Bonchev–Trinajstić information content (AvgIpc) is 3.39. The van der Waals surface area contributed by atoms with E-state index in [-0.39, 0.29) is 0 Å². The predicted octanol–water partition coefficient (Wildman–Crippen LogP) is 16.3. The zero-order chi connectivity index (χ0) is 50.4. The van der Waals surface area contributed by atoms with Crippen molar-refractivity contribution in [2.24, 2.45) is 0 Å². The summed E-state index contributed by atoms with van der Waals surface area (Å²) >= 11 is 0. The number of carbonyl (C=O) groups excluding carboxylic acids is 4. The fourth-order valence-electron chi connectivity index (χ4n) is 8.22. The molecule has 0 fully saturated rings. The zero-order valence-corrected chi connectivity index (χ0v) is 39.9. The number of rotatable bonds is 4. The van der Waals surface area contributed by atoms with Gasteiger partial charge in [-0.25, -0.2) is 0 Å². The molecular weight excluding hydrogens is 925 g/mol. The molecule has 12 nitrogen and oxygen atoms in total. The second-order valence-electron chi connectivity index (χ2n) is 17.4. The van der Waals surface area contributed by atoms with Gasteiger partial charge in [0, 0.05) is 64.7 Å². The Morgan fingerprint density at radius 2 is 0.589 bits per heavy atom. The molecule has 0 aromatic heterocycles. The maximum atomic E-state index is 12.1. The van der Waals surface area contributed by atoms with E-state index in [1.54, 1.807) is 146 Å². The molecule has 73 heavy (non-hydrogen) atoms. The van der Waals surface area contributed by atoms with Gasteiger partial charge in [-0.15, -0.1) is 0 Å². The van der Waals surface area contributed by atoms with Crippen molar-refractivity contribution in [3.8, 4) is 86.2 Å². The van der Waals surface area contributed by atoms with Gasteiger partial charge in [-0.1, -0.05) is 62.9 Å². The first-order chi connectivity index (χ1) is 35.7. The summed E-state index contributed by atoms with van der Waals surface area (Å²) in [5, 5.41) is 0. The van der Waals surface area contributed by atoms with Gasteiger partial charge >= 0.3 is 0 Å². The van der Waals surface area contributed by atoms with Crippen LogP contribution >= 0.6 is 0 Å². The van der Waals surface area contributed by atoms with Crippen molar-refractivity contribution in [2.45, 2.75) is 51.4 Å². The van der Waals surface area contributed by atoms with E-state index in [0.29, 0.717) is 134 Å². The third kappa shape index (κ3) is 13.8. The van der Waals surface area contributed by atoms with E-state index in [0.717, 1.165) is 56.7 Å². The Kier molecular flexibility index (Phi) is 15.8. The lowest BCUT2D eigenvalue weighted by atomic mass is 9.94. The molecule has 1 atom stereocenters. The highest BCUT2D eigenvalue weighted by atomic mass is 16.5. The molecule has 0 radical (unpaired) electrons. The molecule has 1 aliphatic rings. The van der Waals surface area contributed by atoms with Crippen molar-refractivity contribution in [2.75, 3.05) is 6.61 Å². The lowest BCUT2D eigenvalue weighted by Gasteiger charge is -2.15. The Hall–Kier alpha value is -9.16. The van der Waals surface area contributed by atoms with Gasteiger partial charge in [0.15, 0.2) is 0 Å². The summed E-state index contributed by atoms with van der Waals surface area (Å²) in [6.07, 6.45) is 8.94. The predicted molar refractivity (Wildman–Crippen MR) is 275 cm³/mol. The first kappa shape index (κ1) is 48.8. The molecule has 0 spiro atoms. The minimum absolute atomic E-state index is 0.295. The molecule has 366 valence electrons. The van der Waals surface area contributed by atoms with Gasteiger partial charge in [0.05, 0.1) is 6.61 Å². The fourth-order valence-corrected chi connectivity index (χ4v) is 8.22. The molecule has 8 aromatic carbocycles. The van der Waals surface area contributed by atoms with Crippen LogP contribution in [0, 0.1) is 0 Å². The summed E-state index contributed by atoms with van der Waals surface area (Å²) in [5.41, 5.74) is 2.56. The van der Waals surface area contributed by atoms with Crippen LogP contribution in [0.5, 0.6) is 86.2 Å². The molecule has 0 saturated carbocycles. The number of aldehydes is 4. The summed E-state index contributed by atoms with van der Waals surface area (Å²) in [4.78, 5) is 48.2. The van der Waals surface area contributed by atoms with Crippen LogP contribution < -0.4 is 37.9 Å². The van der Waals surface area contributed by atoms with Crippen molar-refractivity contribution in [1.82, 2.24) is 0 Å². The van der Waals surface area contributed by atoms with Crippen LogP contribution in [0.3, 0.4) is 0 Å². The quantitative estimate of drug-likeness (QED) is 0.155. The summed E-state index contributed by atoms with van der Waals surface area (Å²) < 4.78 is 49.8. The Morgan fingerprint density at radius 3 is 0.945 bits per heavy atom. The van der Waals surface area contributed by atoms with Crippen molar-refractivity contribution < 1.29 is 57.1 Å². The van der Waals surface area contributed by atoms with Crippen LogP contribution in [-0.2, 0) is 0 Å². The van der Waals surface area contributed by atoms with Crippen LogP contribution in [0.25, 0.3) is 0 Å². The number of carbonyl (C=O) groups is 4. The smallest absolute Gasteiger partial charge is 0.150 e. The third-order valence-electron chi connectivity index (χ3n) is 11.7. The van der Waals surface area contributed by atoms with E-state index in [1.807, 2.05) is 18.2 Å². The Bertz CT molecular complexity index is 3250. The van der Waals surface area contributed by atoms with E-state index in [1.165, 1.54) is 0 Å². The SMILES string of the molecule is CC1CCCCCCCOc2cc(C=O)cc(c2)Oc2cccc(c2)Oc2cc(C=O)cc(c2)Oc2cccc(c2)Oc2cc(C=O)cc(c2)Oc2cccc(c2)Oc2cc(C=O)cc(c2)Oc2cccc1c2. The average molecular weight is 975 g/mol. The molecule has 0 saturated heterocycles. The maximum Gasteiger partial charge on any atom is 0.150 e. The van der Waals surface area contributed by atoms with Crippen molar-refractivity contribution in [3.05, 3.63) is 198 Å². The number of hydrogen-bond donors (Lipinski definition) is 0.